The van der Waals surface area contributed by atoms with Crippen LogP contribution in [0.1, 0.15) is 56.2 Å². The summed E-state index contributed by atoms with van der Waals surface area (Å²) in [7, 11) is 4.36. The lowest BCUT2D eigenvalue weighted by molar-refractivity contribution is -0.120. The molecule has 3 N–H and O–H groups in total. The molecule has 1 aromatic heterocycles. The van der Waals surface area contributed by atoms with E-state index < -0.39 is 11.8 Å². The molecule has 3 rings (SSSR count). The van der Waals surface area contributed by atoms with Crippen molar-refractivity contribution in [3.05, 3.63) is 39.1 Å². The van der Waals surface area contributed by atoms with Crippen LogP contribution in [0.5, 0.6) is 17.2 Å². The molecule has 0 saturated carbocycles. The first kappa shape index (κ1) is 24.4. The predicted molar refractivity (Wildman–Crippen MR) is 124 cm³/mol. The summed E-state index contributed by atoms with van der Waals surface area (Å²) in [5.74, 6) is -0.421. The van der Waals surface area contributed by atoms with E-state index in [1.807, 2.05) is 6.07 Å². The number of amides is 3. The van der Waals surface area contributed by atoms with E-state index in [-0.39, 0.29) is 18.0 Å². The van der Waals surface area contributed by atoms with Gasteiger partial charge in [0.05, 0.1) is 32.8 Å². The van der Waals surface area contributed by atoms with Gasteiger partial charge >= 0.3 is 0 Å². The molecule has 0 bridgehead atoms. The van der Waals surface area contributed by atoms with Crippen LogP contribution in [-0.2, 0) is 17.6 Å². The van der Waals surface area contributed by atoms with E-state index in [0.29, 0.717) is 22.1 Å². The van der Waals surface area contributed by atoms with Gasteiger partial charge in [-0.15, -0.1) is 11.3 Å². The van der Waals surface area contributed by atoms with E-state index in [1.54, 1.807) is 0 Å². The quantitative estimate of drug-likeness (QED) is 0.531. The molecule has 0 unspecified atom stereocenters. The average molecular weight is 476 g/mol. The van der Waals surface area contributed by atoms with Gasteiger partial charge in [0.2, 0.25) is 5.75 Å². The Hall–Kier alpha value is -3.27. The Kier molecular flexibility index (Phi) is 8.53. The number of hydrogen-bond donors (Lipinski definition) is 3. The summed E-state index contributed by atoms with van der Waals surface area (Å²) in [6.07, 6.45) is 6.68. The van der Waals surface area contributed by atoms with Crippen LogP contribution in [0, 0.1) is 0 Å². The molecule has 0 atom stereocenters. The highest BCUT2D eigenvalue weighted by atomic mass is 32.1. The molecule has 0 spiro atoms. The first-order valence-corrected chi connectivity index (χ1v) is 11.6. The highest BCUT2D eigenvalue weighted by Gasteiger charge is 2.19. The molecule has 1 aromatic carbocycles. The Morgan fingerprint density at radius 2 is 1.52 bits per heavy atom. The van der Waals surface area contributed by atoms with Crippen LogP contribution in [0.3, 0.4) is 0 Å². The molecule has 0 radical (unpaired) electrons. The first-order valence-electron chi connectivity index (χ1n) is 10.8. The highest BCUT2D eigenvalue weighted by molar-refractivity contribution is 7.14. The molecule has 0 saturated heterocycles. The van der Waals surface area contributed by atoms with Crippen LogP contribution >= 0.6 is 11.3 Å². The van der Waals surface area contributed by atoms with Gasteiger partial charge in [-0.25, -0.2) is 0 Å². The maximum absolute atomic E-state index is 12.5. The van der Waals surface area contributed by atoms with Crippen molar-refractivity contribution in [1.29, 1.82) is 0 Å². The number of rotatable bonds is 7. The van der Waals surface area contributed by atoms with Crippen LogP contribution in [0.2, 0.25) is 0 Å². The molecule has 2 aromatic rings. The van der Waals surface area contributed by atoms with E-state index in [1.165, 1.54) is 68.1 Å². The smallest absolute Gasteiger partial charge is 0.279 e. The zero-order valence-corrected chi connectivity index (χ0v) is 19.9. The Bertz CT molecular complexity index is 969. The van der Waals surface area contributed by atoms with Crippen molar-refractivity contribution in [1.82, 2.24) is 16.2 Å². The minimum absolute atomic E-state index is 0.234. The van der Waals surface area contributed by atoms with Crippen LogP contribution in [0.4, 0.5) is 0 Å². The van der Waals surface area contributed by atoms with Gasteiger partial charge < -0.3 is 19.5 Å². The standard InChI is InChI=1S/C23H29N3O6S/c1-30-16-10-15(11-17(31-2)21(16)32-3)22(28)24-13-20(27)25-26-23(29)19-12-14-8-6-4-5-7-9-18(14)33-19/h10-12H,4-9,13H2,1-3H3,(H,24,28)(H,25,27)(H,26,29). The molecule has 1 aliphatic carbocycles. The number of nitrogens with one attached hydrogen (secondary N) is 3. The molecule has 1 aliphatic rings. The van der Waals surface area contributed by atoms with Crippen molar-refractivity contribution in [3.63, 3.8) is 0 Å². The molecule has 10 heteroatoms. The Morgan fingerprint density at radius 3 is 2.15 bits per heavy atom. The van der Waals surface area contributed by atoms with Gasteiger partial charge in [0.15, 0.2) is 11.5 Å². The van der Waals surface area contributed by atoms with Gasteiger partial charge in [-0.2, -0.15) is 0 Å². The maximum atomic E-state index is 12.5. The highest BCUT2D eigenvalue weighted by Crippen LogP contribution is 2.38. The zero-order chi connectivity index (χ0) is 23.8. The van der Waals surface area contributed by atoms with Crippen molar-refractivity contribution < 1.29 is 28.6 Å². The fourth-order valence-electron chi connectivity index (χ4n) is 3.66. The Labute approximate surface area is 196 Å². The van der Waals surface area contributed by atoms with Crippen LogP contribution in [-0.4, -0.2) is 45.6 Å². The molecule has 33 heavy (non-hydrogen) atoms. The van der Waals surface area contributed by atoms with Gasteiger partial charge in [0, 0.05) is 10.4 Å². The minimum Gasteiger partial charge on any atom is -0.493 e. The number of hydrazine groups is 1. The molecule has 3 amide bonds. The number of benzene rings is 1. The molecule has 178 valence electrons. The van der Waals surface area contributed by atoms with Gasteiger partial charge in [-0.05, 0) is 49.4 Å². The summed E-state index contributed by atoms with van der Waals surface area (Å²) in [5, 5.41) is 2.50. The Balaban J connectivity index is 1.53. The number of fused-ring (bicyclic) bond motifs is 1. The van der Waals surface area contributed by atoms with Crippen LogP contribution in [0.15, 0.2) is 18.2 Å². The third-order valence-corrected chi connectivity index (χ3v) is 6.61. The summed E-state index contributed by atoms with van der Waals surface area (Å²) in [6, 6.07) is 4.89. The Morgan fingerprint density at radius 1 is 0.848 bits per heavy atom. The number of hydrogen-bond acceptors (Lipinski definition) is 7. The molecule has 9 nitrogen and oxygen atoms in total. The van der Waals surface area contributed by atoms with Crippen molar-refractivity contribution in [2.45, 2.75) is 38.5 Å². The molecular weight excluding hydrogens is 446 g/mol. The molecule has 1 heterocycles. The zero-order valence-electron chi connectivity index (χ0n) is 19.0. The predicted octanol–water partition coefficient (Wildman–Crippen LogP) is 2.62. The lowest BCUT2D eigenvalue weighted by Crippen LogP contribution is -2.46. The van der Waals surface area contributed by atoms with Crippen molar-refractivity contribution in [2.75, 3.05) is 27.9 Å². The fourth-order valence-corrected chi connectivity index (χ4v) is 4.81. The topological polar surface area (TPSA) is 115 Å². The molecule has 0 aliphatic heterocycles. The second-order valence-corrected chi connectivity index (χ2v) is 8.71. The lowest BCUT2D eigenvalue weighted by atomic mass is 10.00. The van der Waals surface area contributed by atoms with E-state index in [4.69, 9.17) is 14.2 Å². The first-order chi connectivity index (χ1) is 16.0. The maximum Gasteiger partial charge on any atom is 0.279 e. The lowest BCUT2D eigenvalue weighted by Gasteiger charge is -2.14. The summed E-state index contributed by atoms with van der Waals surface area (Å²) in [5.41, 5.74) is 6.22. The van der Waals surface area contributed by atoms with E-state index in [9.17, 15) is 14.4 Å². The normalized spacial score (nSPS) is 13.1. The number of carbonyl (C=O) groups is 3. The third kappa shape index (κ3) is 6.16. The summed E-state index contributed by atoms with van der Waals surface area (Å²) in [6.45, 7) is -0.323. The number of methoxy groups -OCH3 is 3. The summed E-state index contributed by atoms with van der Waals surface area (Å²) < 4.78 is 15.7. The van der Waals surface area contributed by atoms with Crippen molar-refractivity contribution in [3.8, 4) is 17.2 Å². The number of thiophene rings is 1. The number of aryl methyl sites for hydroxylation is 2. The number of ether oxygens (including phenoxy) is 3. The van der Waals surface area contributed by atoms with Crippen molar-refractivity contribution in [2.24, 2.45) is 0 Å². The molecular formula is C23H29N3O6S. The second-order valence-electron chi connectivity index (χ2n) is 7.57. The molecule has 0 fully saturated rings. The number of carbonyl (C=O) groups excluding carboxylic acids is 3. The SMILES string of the molecule is COc1cc(C(=O)NCC(=O)NNC(=O)c2cc3c(s2)CCCCCC3)cc(OC)c1OC. The van der Waals surface area contributed by atoms with Crippen LogP contribution in [0.25, 0.3) is 0 Å². The van der Waals surface area contributed by atoms with Crippen molar-refractivity contribution >= 4 is 29.1 Å². The fraction of sp³-hybridized carbons (Fsp3) is 0.435. The van der Waals surface area contributed by atoms with E-state index in [0.717, 1.165) is 25.7 Å². The van der Waals surface area contributed by atoms with Gasteiger partial charge in [-0.3, -0.25) is 25.2 Å². The third-order valence-electron chi connectivity index (χ3n) is 5.37. The summed E-state index contributed by atoms with van der Waals surface area (Å²) >= 11 is 1.48. The largest absolute Gasteiger partial charge is 0.493 e. The average Bonchev–Trinajstić information content (AvgIpc) is 3.21. The van der Waals surface area contributed by atoms with Gasteiger partial charge in [0.1, 0.15) is 0 Å². The minimum atomic E-state index is -0.556. The van der Waals surface area contributed by atoms with E-state index in [2.05, 4.69) is 16.2 Å². The van der Waals surface area contributed by atoms with E-state index >= 15 is 0 Å². The summed E-state index contributed by atoms with van der Waals surface area (Å²) in [4.78, 5) is 38.9. The van der Waals surface area contributed by atoms with Gasteiger partial charge in [0.25, 0.3) is 17.7 Å². The monoisotopic (exact) mass is 475 g/mol. The van der Waals surface area contributed by atoms with Gasteiger partial charge in [-0.1, -0.05) is 12.8 Å². The second kappa shape index (κ2) is 11.6. The van der Waals surface area contributed by atoms with Crippen LogP contribution < -0.4 is 30.4 Å².